The molecule has 0 fully saturated rings. The molecule has 0 saturated carbocycles. The SMILES string of the molecule is CC(=O)O.CC(=O)O.[Fe].[Pd].c1ccc(P(c2ccccc2)[c-]2[cH-][cH-][cH-][cH-]2)cc1.c1ccc(P(c2ccccc2)[c-]2cccc2)cc1. The second-order valence-corrected chi connectivity index (χ2v) is 13.8. The minimum atomic E-state index is -0.833. The molecule has 6 aromatic carbocycles. The second kappa shape index (κ2) is 23.0. The van der Waals surface area contributed by atoms with Crippen LogP contribution in [0, 0.1) is 0 Å². The maximum absolute atomic E-state index is 9.00. The molecule has 0 aromatic heterocycles. The molecule has 2 N–H and O–H groups in total. The van der Waals surface area contributed by atoms with Crippen molar-refractivity contribution in [1.29, 1.82) is 0 Å². The van der Waals surface area contributed by atoms with Gasteiger partial charge in [-0.05, 0) is 10.6 Å². The minimum Gasteiger partial charge on any atom is -0.747 e. The molecule has 0 spiro atoms. The zero-order valence-corrected chi connectivity index (χ0v) is 29.9. The van der Waals surface area contributed by atoms with E-state index < -0.39 is 27.8 Å². The Morgan fingerprint density at radius 3 is 1.07 bits per heavy atom. The molecule has 0 bridgehead atoms. The molecule has 46 heavy (non-hydrogen) atoms. The number of aliphatic carboxylic acids is 2. The first-order chi connectivity index (χ1) is 21.4. The first-order valence-electron chi connectivity index (χ1n) is 14.0. The summed E-state index contributed by atoms with van der Waals surface area (Å²) in [5.74, 6) is -1.67. The van der Waals surface area contributed by atoms with Crippen molar-refractivity contribution in [3.8, 4) is 0 Å². The molecule has 6 rings (SSSR count). The largest absolute Gasteiger partial charge is 0.747 e. The zero-order valence-electron chi connectivity index (χ0n) is 25.4. The number of rotatable bonds is 6. The summed E-state index contributed by atoms with van der Waals surface area (Å²) in [6.07, 6.45) is 0. The molecule has 0 amide bonds. The molecule has 0 atom stereocenters. The van der Waals surface area contributed by atoms with Crippen LogP contribution in [0.15, 0.2) is 170 Å². The van der Waals surface area contributed by atoms with Gasteiger partial charge in [0, 0.05) is 51.3 Å². The Balaban J connectivity index is 0.000000361. The van der Waals surface area contributed by atoms with Gasteiger partial charge in [-0.15, -0.1) is 5.30 Å². The van der Waals surface area contributed by atoms with Gasteiger partial charge >= 0.3 is 0 Å². The Kier molecular flexibility index (Phi) is 20.3. The molecule has 0 aliphatic rings. The van der Waals surface area contributed by atoms with Gasteiger partial charge in [0.15, 0.2) is 0 Å². The average molecular weight is 781 g/mol. The van der Waals surface area contributed by atoms with Gasteiger partial charge in [-0.2, -0.15) is 12.1 Å². The van der Waals surface area contributed by atoms with Crippen molar-refractivity contribution in [3.63, 3.8) is 0 Å². The standard InChI is InChI=1S/2C17H14P.2C2H4O2.Fe.Pd/c2*1-3-9-15(10-4-1)18(17-13-7-8-14-17)16-11-5-2-6-12-16;2*1-2(3)4;;/h2*1-14H;2*1H3,(H,3,4);;/q-5;-1;;;;. The fourth-order valence-electron chi connectivity index (χ4n) is 4.23. The Morgan fingerprint density at radius 2 is 0.783 bits per heavy atom. The van der Waals surface area contributed by atoms with Gasteiger partial charge in [0.05, 0.1) is 0 Å². The Bertz CT molecular complexity index is 1400. The van der Waals surface area contributed by atoms with Gasteiger partial charge in [0.2, 0.25) is 0 Å². The third-order valence-corrected chi connectivity index (χ3v) is 10.8. The number of carbonyl (C=O) groups is 2. The molecular formula is C38H36FeO4P2Pd-6. The molecule has 0 saturated heterocycles. The maximum Gasteiger partial charge on any atom is 0.300 e. The van der Waals surface area contributed by atoms with Crippen LogP contribution in [-0.2, 0) is 47.1 Å². The van der Waals surface area contributed by atoms with Crippen molar-refractivity contribution >= 4 is 59.6 Å². The van der Waals surface area contributed by atoms with Crippen molar-refractivity contribution in [2.45, 2.75) is 13.8 Å². The van der Waals surface area contributed by atoms with Crippen molar-refractivity contribution < 1.29 is 57.3 Å². The number of carboxylic acid groups (broad SMARTS) is 2. The van der Waals surface area contributed by atoms with Crippen LogP contribution in [0.4, 0.5) is 0 Å². The van der Waals surface area contributed by atoms with Crippen molar-refractivity contribution in [1.82, 2.24) is 0 Å². The topological polar surface area (TPSA) is 74.6 Å². The fraction of sp³-hybridized carbons (Fsp3) is 0.0526. The van der Waals surface area contributed by atoms with E-state index in [1.54, 1.807) is 0 Å². The third-order valence-electron chi connectivity index (χ3n) is 5.86. The quantitative estimate of drug-likeness (QED) is 0.115. The number of carboxylic acids is 2. The summed E-state index contributed by atoms with van der Waals surface area (Å²) in [6, 6.07) is 60.5. The van der Waals surface area contributed by atoms with E-state index in [4.69, 9.17) is 19.8 Å². The minimum absolute atomic E-state index is 0. The number of hydrogen-bond acceptors (Lipinski definition) is 2. The van der Waals surface area contributed by atoms with Crippen LogP contribution in [0.3, 0.4) is 0 Å². The van der Waals surface area contributed by atoms with Crippen molar-refractivity contribution in [2.75, 3.05) is 0 Å². The van der Waals surface area contributed by atoms with Crippen molar-refractivity contribution in [2.24, 2.45) is 0 Å². The van der Waals surface area contributed by atoms with Crippen LogP contribution in [0.25, 0.3) is 0 Å². The average Bonchev–Trinajstić information content (AvgIpc) is 3.75. The Hall–Kier alpha value is -3.44. The van der Waals surface area contributed by atoms with E-state index in [9.17, 15) is 0 Å². The number of hydrogen-bond donors (Lipinski definition) is 2. The van der Waals surface area contributed by atoms with Crippen LogP contribution in [0.2, 0.25) is 0 Å². The third kappa shape index (κ3) is 14.3. The van der Waals surface area contributed by atoms with Crippen LogP contribution in [0.1, 0.15) is 13.8 Å². The molecule has 6 aromatic rings. The fourth-order valence-corrected chi connectivity index (χ4v) is 8.84. The summed E-state index contributed by atoms with van der Waals surface area (Å²) >= 11 is 0. The number of benzene rings is 4. The molecule has 0 aliphatic heterocycles. The van der Waals surface area contributed by atoms with E-state index in [2.05, 4.69) is 170 Å². The molecule has 8 heteroatoms. The Labute approximate surface area is 298 Å². The summed E-state index contributed by atoms with van der Waals surface area (Å²) < 4.78 is 0. The maximum atomic E-state index is 9.00. The van der Waals surface area contributed by atoms with Crippen LogP contribution >= 0.6 is 15.8 Å². The van der Waals surface area contributed by atoms with Gasteiger partial charge < -0.3 is 39.8 Å². The van der Waals surface area contributed by atoms with Gasteiger partial charge in [0.1, 0.15) is 0 Å². The van der Waals surface area contributed by atoms with E-state index in [0.29, 0.717) is 0 Å². The van der Waals surface area contributed by atoms with Crippen LogP contribution in [-0.4, -0.2) is 22.2 Å². The van der Waals surface area contributed by atoms with Crippen LogP contribution in [0.5, 0.6) is 0 Å². The van der Waals surface area contributed by atoms with Crippen LogP contribution < -0.4 is 31.8 Å². The van der Waals surface area contributed by atoms with Crippen molar-refractivity contribution in [3.05, 3.63) is 170 Å². The zero-order chi connectivity index (χ0) is 31.6. The van der Waals surface area contributed by atoms with Gasteiger partial charge in [-0.25, -0.2) is 20.1 Å². The summed E-state index contributed by atoms with van der Waals surface area (Å²) in [5, 5.41) is 23.3. The predicted octanol–water partition coefficient (Wildman–Crippen LogP) is 6.50. The summed E-state index contributed by atoms with van der Waals surface area (Å²) in [5.41, 5.74) is 0. The van der Waals surface area contributed by atoms with Gasteiger partial charge in [0.25, 0.3) is 11.9 Å². The van der Waals surface area contributed by atoms with E-state index in [1.165, 1.54) is 31.8 Å². The Morgan fingerprint density at radius 1 is 0.522 bits per heavy atom. The smallest absolute Gasteiger partial charge is 0.300 e. The molecule has 4 nitrogen and oxygen atoms in total. The monoisotopic (exact) mass is 780 g/mol. The first kappa shape index (κ1) is 40.6. The molecule has 0 unspecified atom stereocenters. The van der Waals surface area contributed by atoms with Gasteiger partial charge in [-0.3, -0.25) is 9.59 Å². The summed E-state index contributed by atoms with van der Waals surface area (Å²) in [6.45, 7) is 2.17. The molecule has 0 radical (unpaired) electrons. The van der Waals surface area contributed by atoms with E-state index in [1.807, 2.05) is 0 Å². The summed E-state index contributed by atoms with van der Waals surface area (Å²) in [4.78, 5) is 18.0. The molecule has 246 valence electrons. The first-order valence-corrected chi connectivity index (χ1v) is 16.7. The van der Waals surface area contributed by atoms with E-state index in [0.717, 1.165) is 13.8 Å². The predicted molar refractivity (Wildman–Crippen MR) is 188 cm³/mol. The second-order valence-electron chi connectivity index (χ2n) is 9.34. The summed E-state index contributed by atoms with van der Waals surface area (Å²) in [7, 11) is -0.818. The van der Waals surface area contributed by atoms with E-state index in [-0.39, 0.29) is 37.5 Å². The normalized spacial score (nSPS) is 9.48. The molecular weight excluding hydrogens is 745 g/mol. The molecule has 0 heterocycles. The van der Waals surface area contributed by atoms with E-state index >= 15 is 0 Å². The van der Waals surface area contributed by atoms with Gasteiger partial charge in [-0.1, -0.05) is 140 Å². The molecule has 0 aliphatic carbocycles.